The lowest BCUT2D eigenvalue weighted by Gasteiger charge is -2.21. The molecule has 1 saturated heterocycles. The first-order valence-corrected chi connectivity index (χ1v) is 8.35. The first kappa shape index (κ1) is 16.5. The number of nitrogens with one attached hydrogen (secondary N) is 1. The van der Waals surface area contributed by atoms with Gasteiger partial charge in [-0.15, -0.1) is 0 Å². The van der Waals surface area contributed by atoms with Crippen molar-refractivity contribution in [2.24, 2.45) is 5.92 Å². The molecule has 2 rings (SSSR count). The zero-order valence-corrected chi connectivity index (χ0v) is 13.5. The Bertz CT molecular complexity index is 395. The van der Waals surface area contributed by atoms with Gasteiger partial charge in [0.2, 0.25) is 0 Å². The van der Waals surface area contributed by atoms with Crippen molar-refractivity contribution in [1.82, 2.24) is 10.2 Å². The van der Waals surface area contributed by atoms with Gasteiger partial charge in [0.15, 0.2) is 0 Å². The predicted molar refractivity (Wildman–Crippen MR) is 88.2 cm³/mol. The second-order valence-electron chi connectivity index (χ2n) is 6.39. The lowest BCUT2D eigenvalue weighted by Crippen LogP contribution is -2.36. The zero-order valence-electron chi connectivity index (χ0n) is 13.5. The fourth-order valence-corrected chi connectivity index (χ4v) is 3.25. The van der Waals surface area contributed by atoms with Crippen LogP contribution in [-0.4, -0.2) is 41.8 Å². The van der Waals surface area contributed by atoms with Gasteiger partial charge in [-0.3, -0.25) is 4.90 Å². The van der Waals surface area contributed by atoms with Gasteiger partial charge in [-0.05, 0) is 37.8 Å². The van der Waals surface area contributed by atoms with Gasteiger partial charge in [-0.1, -0.05) is 43.7 Å². The molecule has 1 aromatic rings. The molecule has 3 unspecified atom stereocenters. The maximum Gasteiger partial charge on any atom is 0.0434 e. The molecule has 1 aliphatic heterocycles. The molecule has 0 amide bonds. The highest BCUT2D eigenvalue weighted by molar-refractivity contribution is 5.15. The molecule has 118 valence electrons. The summed E-state index contributed by atoms with van der Waals surface area (Å²) in [6, 6.07) is 12.0. The van der Waals surface area contributed by atoms with Crippen molar-refractivity contribution in [1.29, 1.82) is 0 Å². The predicted octanol–water partition coefficient (Wildman–Crippen LogP) is 2.65. The SMILES string of the molecule is CCC(CCO)CNC1CC(C)N(Cc2ccccc2)C1. The van der Waals surface area contributed by atoms with E-state index in [2.05, 4.69) is 54.4 Å². The van der Waals surface area contributed by atoms with Crippen LogP contribution in [0.2, 0.25) is 0 Å². The monoisotopic (exact) mass is 290 g/mol. The third-order valence-electron chi connectivity index (χ3n) is 4.74. The van der Waals surface area contributed by atoms with Crippen LogP contribution in [0.5, 0.6) is 0 Å². The van der Waals surface area contributed by atoms with E-state index >= 15 is 0 Å². The van der Waals surface area contributed by atoms with E-state index in [1.165, 1.54) is 12.0 Å². The van der Waals surface area contributed by atoms with Crippen molar-refractivity contribution >= 4 is 0 Å². The first-order chi connectivity index (χ1) is 10.2. The van der Waals surface area contributed by atoms with Gasteiger partial charge in [-0.2, -0.15) is 0 Å². The molecule has 3 atom stereocenters. The minimum Gasteiger partial charge on any atom is -0.396 e. The second kappa shape index (κ2) is 8.52. The number of benzene rings is 1. The molecular weight excluding hydrogens is 260 g/mol. The maximum atomic E-state index is 9.07. The Morgan fingerprint density at radius 3 is 2.76 bits per heavy atom. The van der Waals surface area contributed by atoms with E-state index in [9.17, 15) is 0 Å². The lowest BCUT2D eigenvalue weighted by atomic mass is 10.0. The molecule has 0 spiro atoms. The summed E-state index contributed by atoms with van der Waals surface area (Å²) < 4.78 is 0. The molecule has 1 aromatic carbocycles. The minimum atomic E-state index is 0.307. The third kappa shape index (κ3) is 5.10. The van der Waals surface area contributed by atoms with Crippen LogP contribution in [0, 0.1) is 5.92 Å². The van der Waals surface area contributed by atoms with Crippen LogP contribution in [0.3, 0.4) is 0 Å². The molecule has 1 heterocycles. The van der Waals surface area contributed by atoms with E-state index in [0.717, 1.165) is 32.5 Å². The molecule has 0 radical (unpaired) electrons. The van der Waals surface area contributed by atoms with Crippen molar-refractivity contribution < 1.29 is 5.11 Å². The molecule has 1 aliphatic rings. The summed E-state index contributed by atoms with van der Waals surface area (Å²) in [5.41, 5.74) is 1.40. The molecule has 0 bridgehead atoms. The number of aliphatic hydroxyl groups excluding tert-OH is 1. The average molecular weight is 290 g/mol. The van der Waals surface area contributed by atoms with Crippen molar-refractivity contribution in [3.05, 3.63) is 35.9 Å². The summed E-state index contributed by atoms with van der Waals surface area (Å²) in [5, 5.41) is 12.8. The number of likely N-dealkylation sites (tertiary alicyclic amines) is 1. The van der Waals surface area contributed by atoms with Gasteiger partial charge in [-0.25, -0.2) is 0 Å². The average Bonchev–Trinajstić information content (AvgIpc) is 2.85. The highest BCUT2D eigenvalue weighted by Gasteiger charge is 2.28. The van der Waals surface area contributed by atoms with Gasteiger partial charge in [0, 0.05) is 31.8 Å². The number of nitrogens with zero attached hydrogens (tertiary/aromatic N) is 1. The highest BCUT2D eigenvalue weighted by atomic mass is 16.3. The summed E-state index contributed by atoms with van der Waals surface area (Å²) in [5.74, 6) is 0.605. The third-order valence-corrected chi connectivity index (χ3v) is 4.74. The summed E-state index contributed by atoms with van der Waals surface area (Å²) in [6.07, 6.45) is 3.28. The molecule has 3 heteroatoms. The molecule has 3 nitrogen and oxygen atoms in total. The van der Waals surface area contributed by atoms with E-state index < -0.39 is 0 Å². The smallest absolute Gasteiger partial charge is 0.0434 e. The van der Waals surface area contributed by atoms with Crippen LogP contribution in [0.25, 0.3) is 0 Å². The Morgan fingerprint density at radius 1 is 1.33 bits per heavy atom. The van der Waals surface area contributed by atoms with Gasteiger partial charge >= 0.3 is 0 Å². The lowest BCUT2D eigenvalue weighted by molar-refractivity contribution is 0.244. The fraction of sp³-hybridized carbons (Fsp3) is 0.667. The standard InChI is InChI=1S/C18H30N2O/c1-3-16(9-10-21)12-19-18-11-15(2)20(14-18)13-17-7-5-4-6-8-17/h4-8,15-16,18-19,21H,3,9-14H2,1-2H3. The first-order valence-electron chi connectivity index (χ1n) is 8.35. The molecule has 1 fully saturated rings. The van der Waals surface area contributed by atoms with Crippen molar-refractivity contribution in [2.75, 3.05) is 19.7 Å². The van der Waals surface area contributed by atoms with Gasteiger partial charge < -0.3 is 10.4 Å². The van der Waals surface area contributed by atoms with E-state index in [-0.39, 0.29) is 0 Å². The quantitative estimate of drug-likeness (QED) is 0.772. The Balaban J connectivity index is 1.78. The van der Waals surface area contributed by atoms with Crippen LogP contribution < -0.4 is 5.32 Å². The summed E-state index contributed by atoms with van der Waals surface area (Å²) in [6.45, 7) is 8.06. The van der Waals surface area contributed by atoms with Crippen molar-refractivity contribution in [3.63, 3.8) is 0 Å². The summed E-state index contributed by atoms with van der Waals surface area (Å²) in [4.78, 5) is 2.57. The summed E-state index contributed by atoms with van der Waals surface area (Å²) in [7, 11) is 0. The van der Waals surface area contributed by atoms with Gasteiger partial charge in [0.05, 0.1) is 0 Å². The van der Waals surface area contributed by atoms with Crippen LogP contribution in [0.15, 0.2) is 30.3 Å². The zero-order chi connectivity index (χ0) is 15.1. The van der Waals surface area contributed by atoms with Crippen LogP contribution in [-0.2, 0) is 6.54 Å². The maximum absolute atomic E-state index is 9.07. The Hall–Kier alpha value is -0.900. The topological polar surface area (TPSA) is 35.5 Å². The minimum absolute atomic E-state index is 0.307. The fourth-order valence-electron chi connectivity index (χ4n) is 3.25. The van der Waals surface area contributed by atoms with E-state index in [0.29, 0.717) is 24.6 Å². The van der Waals surface area contributed by atoms with Gasteiger partial charge in [0.1, 0.15) is 0 Å². The van der Waals surface area contributed by atoms with E-state index in [4.69, 9.17) is 5.11 Å². The highest BCUT2D eigenvalue weighted by Crippen LogP contribution is 2.20. The summed E-state index contributed by atoms with van der Waals surface area (Å²) >= 11 is 0. The normalized spacial score (nSPS) is 24.3. The molecule has 0 aliphatic carbocycles. The molecular formula is C18H30N2O. The van der Waals surface area contributed by atoms with Gasteiger partial charge in [0.25, 0.3) is 0 Å². The molecule has 21 heavy (non-hydrogen) atoms. The molecule has 0 saturated carbocycles. The number of hydrogen-bond donors (Lipinski definition) is 2. The molecule has 0 aromatic heterocycles. The van der Waals surface area contributed by atoms with E-state index in [1.54, 1.807) is 0 Å². The largest absolute Gasteiger partial charge is 0.396 e. The number of aliphatic hydroxyl groups is 1. The van der Waals surface area contributed by atoms with Crippen molar-refractivity contribution in [3.8, 4) is 0 Å². The second-order valence-corrected chi connectivity index (χ2v) is 6.39. The Labute approximate surface area is 129 Å². The van der Waals surface area contributed by atoms with Crippen LogP contribution >= 0.6 is 0 Å². The van der Waals surface area contributed by atoms with Crippen molar-refractivity contribution in [2.45, 2.75) is 51.7 Å². The van der Waals surface area contributed by atoms with Crippen LogP contribution in [0.4, 0.5) is 0 Å². The number of rotatable bonds is 8. The Kier molecular flexibility index (Phi) is 6.68. The van der Waals surface area contributed by atoms with E-state index in [1.807, 2.05) is 0 Å². The molecule has 2 N–H and O–H groups in total. The number of hydrogen-bond acceptors (Lipinski definition) is 3. The van der Waals surface area contributed by atoms with Crippen LogP contribution in [0.1, 0.15) is 38.7 Å². The Morgan fingerprint density at radius 2 is 2.10 bits per heavy atom.